The minimum Gasteiger partial charge on any atom is -0.409 e. The number of oxime groups is 1. The van der Waals surface area contributed by atoms with Gasteiger partial charge in [-0.3, -0.25) is 0 Å². The molecule has 2 aromatic rings. The number of hydrogen-bond donors (Lipinski definition) is 2. The van der Waals surface area contributed by atoms with E-state index < -0.39 is 0 Å². The van der Waals surface area contributed by atoms with E-state index in [0.29, 0.717) is 0 Å². The minimum absolute atomic E-state index is 0.137. The maximum Gasteiger partial charge on any atom is 0.170 e. The Kier molecular flexibility index (Phi) is 3.77. The van der Waals surface area contributed by atoms with Gasteiger partial charge >= 0.3 is 0 Å². The van der Waals surface area contributed by atoms with Gasteiger partial charge in [0.2, 0.25) is 0 Å². The SMILES string of the molecule is NC(=NO)c1ccc(N2CCCCc3ccccc32)cc1. The van der Waals surface area contributed by atoms with Crippen LogP contribution in [0.1, 0.15) is 24.0 Å². The lowest BCUT2D eigenvalue weighted by Crippen LogP contribution is -2.18. The monoisotopic (exact) mass is 281 g/mol. The Hall–Kier alpha value is -2.49. The van der Waals surface area contributed by atoms with E-state index in [-0.39, 0.29) is 5.84 Å². The van der Waals surface area contributed by atoms with Crippen molar-refractivity contribution in [2.24, 2.45) is 10.9 Å². The molecule has 108 valence electrons. The van der Waals surface area contributed by atoms with Crippen molar-refractivity contribution in [3.05, 3.63) is 59.7 Å². The largest absolute Gasteiger partial charge is 0.409 e. The quantitative estimate of drug-likeness (QED) is 0.384. The van der Waals surface area contributed by atoms with Gasteiger partial charge in [-0.15, -0.1) is 0 Å². The van der Waals surface area contributed by atoms with Crippen LogP contribution in [0.3, 0.4) is 0 Å². The minimum atomic E-state index is 0.137. The van der Waals surface area contributed by atoms with Crippen molar-refractivity contribution in [1.82, 2.24) is 0 Å². The van der Waals surface area contributed by atoms with Gasteiger partial charge in [0.25, 0.3) is 0 Å². The first-order chi connectivity index (χ1) is 10.3. The molecule has 0 radical (unpaired) electrons. The molecule has 0 amide bonds. The van der Waals surface area contributed by atoms with Gasteiger partial charge in [0.15, 0.2) is 5.84 Å². The van der Waals surface area contributed by atoms with E-state index in [4.69, 9.17) is 10.9 Å². The molecule has 0 aliphatic carbocycles. The molecule has 1 aliphatic heterocycles. The molecule has 0 saturated carbocycles. The van der Waals surface area contributed by atoms with Crippen LogP contribution < -0.4 is 10.6 Å². The summed E-state index contributed by atoms with van der Waals surface area (Å²) in [5, 5.41) is 11.8. The van der Waals surface area contributed by atoms with Crippen LogP contribution in [0.5, 0.6) is 0 Å². The molecule has 2 aromatic carbocycles. The fourth-order valence-electron chi connectivity index (χ4n) is 2.83. The Bertz CT molecular complexity index is 649. The number of aryl methyl sites for hydroxylation is 1. The molecule has 0 atom stereocenters. The Morgan fingerprint density at radius 2 is 1.81 bits per heavy atom. The predicted octanol–water partition coefficient (Wildman–Crippen LogP) is 3.26. The molecule has 0 bridgehead atoms. The number of nitrogens with zero attached hydrogens (tertiary/aromatic N) is 2. The molecule has 0 unspecified atom stereocenters. The second-order valence-corrected chi connectivity index (χ2v) is 5.27. The molecule has 4 nitrogen and oxygen atoms in total. The summed E-state index contributed by atoms with van der Waals surface area (Å²) in [6.45, 7) is 1.01. The molecular weight excluding hydrogens is 262 g/mol. The molecule has 3 rings (SSSR count). The van der Waals surface area contributed by atoms with Crippen LogP contribution in [0.15, 0.2) is 53.7 Å². The van der Waals surface area contributed by atoms with Gasteiger partial charge in [-0.05, 0) is 55.2 Å². The maximum absolute atomic E-state index is 8.73. The van der Waals surface area contributed by atoms with Crippen LogP contribution in [0.2, 0.25) is 0 Å². The molecular formula is C17H19N3O. The highest BCUT2D eigenvalue weighted by molar-refractivity contribution is 5.97. The zero-order valence-electron chi connectivity index (χ0n) is 11.9. The first-order valence-electron chi connectivity index (χ1n) is 7.23. The van der Waals surface area contributed by atoms with Crippen LogP contribution in [-0.4, -0.2) is 17.6 Å². The standard InChI is InChI=1S/C17H19N3O/c18-17(19-21)14-8-10-15(11-9-14)20-12-4-3-6-13-5-1-2-7-16(13)20/h1-2,5,7-11,21H,3-4,6,12H2,(H2,18,19). The second kappa shape index (κ2) is 5.87. The lowest BCUT2D eigenvalue weighted by Gasteiger charge is -2.25. The number of amidine groups is 1. The number of benzene rings is 2. The van der Waals surface area contributed by atoms with Gasteiger partial charge in [0, 0.05) is 23.5 Å². The van der Waals surface area contributed by atoms with Crippen molar-refractivity contribution in [2.45, 2.75) is 19.3 Å². The van der Waals surface area contributed by atoms with E-state index in [1.807, 2.05) is 24.3 Å². The predicted molar refractivity (Wildman–Crippen MR) is 85.3 cm³/mol. The highest BCUT2D eigenvalue weighted by Gasteiger charge is 2.16. The summed E-state index contributed by atoms with van der Waals surface area (Å²) in [7, 11) is 0. The van der Waals surface area contributed by atoms with E-state index in [9.17, 15) is 0 Å². The van der Waals surface area contributed by atoms with Gasteiger partial charge in [-0.25, -0.2) is 0 Å². The van der Waals surface area contributed by atoms with E-state index in [0.717, 1.165) is 24.2 Å². The zero-order valence-corrected chi connectivity index (χ0v) is 11.9. The smallest absolute Gasteiger partial charge is 0.170 e. The molecule has 0 spiro atoms. The second-order valence-electron chi connectivity index (χ2n) is 5.27. The first-order valence-corrected chi connectivity index (χ1v) is 7.23. The van der Waals surface area contributed by atoms with E-state index in [1.54, 1.807) is 0 Å². The van der Waals surface area contributed by atoms with Crippen LogP contribution in [-0.2, 0) is 6.42 Å². The number of hydrogen-bond acceptors (Lipinski definition) is 3. The van der Waals surface area contributed by atoms with Crippen molar-refractivity contribution in [1.29, 1.82) is 0 Å². The van der Waals surface area contributed by atoms with Crippen molar-refractivity contribution >= 4 is 17.2 Å². The summed E-state index contributed by atoms with van der Waals surface area (Å²) in [5.74, 6) is 0.137. The third-order valence-corrected chi connectivity index (χ3v) is 3.94. The van der Waals surface area contributed by atoms with Gasteiger partial charge in [-0.2, -0.15) is 0 Å². The average molecular weight is 281 g/mol. The summed E-state index contributed by atoms with van der Waals surface area (Å²) in [5.41, 5.74) is 10.2. The average Bonchev–Trinajstić information content (AvgIpc) is 2.77. The molecule has 1 aliphatic rings. The Balaban J connectivity index is 1.96. The van der Waals surface area contributed by atoms with Gasteiger partial charge in [0.05, 0.1) is 0 Å². The lowest BCUT2D eigenvalue weighted by molar-refractivity contribution is 0.318. The number of anilines is 2. The highest BCUT2D eigenvalue weighted by atomic mass is 16.4. The number of para-hydroxylation sites is 1. The summed E-state index contributed by atoms with van der Waals surface area (Å²) < 4.78 is 0. The highest BCUT2D eigenvalue weighted by Crippen LogP contribution is 2.32. The van der Waals surface area contributed by atoms with Gasteiger partial charge in [0.1, 0.15) is 0 Å². The zero-order chi connectivity index (χ0) is 14.7. The normalized spacial score (nSPS) is 15.4. The molecule has 3 N–H and O–H groups in total. The molecule has 0 aromatic heterocycles. The Morgan fingerprint density at radius 1 is 1.05 bits per heavy atom. The van der Waals surface area contributed by atoms with E-state index in [1.165, 1.54) is 24.1 Å². The van der Waals surface area contributed by atoms with Crippen LogP contribution in [0.4, 0.5) is 11.4 Å². The molecule has 0 saturated heterocycles. The van der Waals surface area contributed by atoms with Crippen molar-refractivity contribution in [2.75, 3.05) is 11.4 Å². The summed E-state index contributed by atoms with van der Waals surface area (Å²) in [6.07, 6.45) is 3.53. The Labute approximate surface area is 124 Å². The topological polar surface area (TPSA) is 61.9 Å². The summed E-state index contributed by atoms with van der Waals surface area (Å²) in [4.78, 5) is 2.35. The van der Waals surface area contributed by atoms with Crippen molar-refractivity contribution < 1.29 is 5.21 Å². The van der Waals surface area contributed by atoms with Crippen LogP contribution in [0.25, 0.3) is 0 Å². The fraction of sp³-hybridized carbons (Fsp3) is 0.235. The molecule has 4 heteroatoms. The maximum atomic E-state index is 8.73. The number of rotatable bonds is 2. The van der Waals surface area contributed by atoms with Gasteiger partial charge < -0.3 is 15.8 Å². The first kappa shape index (κ1) is 13.5. The Morgan fingerprint density at radius 3 is 2.57 bits per heavy atom. The van der Waals surface area contributed by atoms with Gasteiger partial charge in [-0.1, -0.05) is 23.4 Å². The summed E-state index contributed by atoms with van der Waals surface area (Å²) in [6, 6.07) is 16.4. The van der Waals surface area contributed by atoms with Crippen molar-refractivity contribution in [3.63, 3.8) is 0 Å². The molecule has 1 heterocycles. The van der Waals surface area contributed by atoms with Crippen LogP contribution in [0, 0.1) is 0 Å². The third-order valence-electron chi connectivity index (χ3n) is 3.94. The molecule has 21 heavy (non-hydrogen) atoms. The van der Waals surface area contributed by atoms with E-state index >= 15 is 0 Å². The number of nitrogens with two attached hydrogens (primary N) is 1. The number of fused-ring (bicyclic) bond motifs is 1. The fourth-order valence-corrected chi connectivity index (χ4v) is 2.83. The summed E-state index contributed by atoms with van der Waals surface area (Å²) >= 11 is 0. The third kappa shape index (κ3) is 2.70. The molecule has 0 fully saturated rings. The lowest BCUT2D eigenvalue weighted by atomic mass is 10.1. The van der Waals surface area contributed by atoms with E-state index in [2.05, 4.69) is 34.3 Å². The van der Waals surface area contributed by atoms with Crippen LogP contribution >= 0.6 is 0 Å². The van der Waals surface area contributed by atoms with Crippen molar-refractivity contribution in [3.8, 4) is 0 Å².